The van der Waals surface area contributed by atoms with Crippen LogP contribution in [-0.2, 0) is 0 Å². The standard InChI is InChI=1S/C16H11FN2OS/c17-12-8-6-10(7-9-12)13(20)14-15(18)19-16(21-14)11-4-2-1-3-5-11/h1-9H,18H2. The van der Waals surface area contributed by atoms with Gasteiger partial charge in [-0.25, -0.2) is 9.37 Å². The molecule has 0 aliphatic carbocycles. The zero-order chi connectivity index (χ0) is 14.8. The molecule has 0 bridgehead atoms. The molecule has 0 radical (unpaired) electrons. The third-order valence-electron chi connectivity index (χ3n) is 2.99. The Morgan fingerprint density at radius 3 is 2.38 bits per heavy atom. The second kappa shape index (κ2) is 5.46. The Hall–Kier alpha value is -2.53. The van der Waals surface area contributed by atoms with Crippen LogP contribution in [0.5, 0.6) is 0 Å². The number of rotatable bonds is 3. The van der Waals surface area contributed by atoms with Crippen molar-refractivity contribution in [3.63, 3.8) is 0 Å². The zero-order valence-corrected chi connectivity index (χ0v) is 11.7. The molecule has 0 aliphatic rings. The van der Waals surface area contributed by atoms with Crippen molar-refractivity contribution in [1.82, 2.24) is 4.98 Å². The number of nitrogen functional groups attached to an aromatic ring is 1. The minimum absolute atomic E-state index is 0.202. The normalized spacial score (nSPS) is 10.5. The average Bonchev–Trinajstić information content (AvgIpc) is 2.90. The van der Waals surface area contributed by atoms with Crippen molar-refractivity contribution in [2.75, 3.05) is 5.73 Å². The van der Waals surface area contributed by atoms with E-state index in [2.05, 4.69) is 4.98 Å². The van der Waals surface area contributed by atoms with E-state index in [-0.39, 0.29) is 17.4 Å². The second-order valence-corrected chi connectivity index (χ2v) is 5.43. The summed E-state index contributed by atoms with van der Waals surface area (Å²) in [6.07, 6.45) is 0. The van der Waals surface area contributed by atoms with E-state index in [0.29, 0.717) is 15.4 Å². The molecule has 3 aromatic rings. The fraction of sp³-hybridized carbons (Fsp3) is 0. The minimum atomic E-state index is -0.381. The third kappa shape index (κ3) is 2.68. The Bertz CT molecular complexity index is 782. The number of nitrogens with two attached hydrogens (primary N) is 1. The van der Waals surface area contributed by atoms with Crippen LogP contribution in [0.2, 0.25) is 0 Å². The molecule has 21 heavy (non-hydrogen) atoms. The Kier molecular flexibility index (Phi) is 3.50. The number of carbonyl (C=O) groups is 1. The molecular weight excluding hydrogens is 287 g/mol. The van der Waals surface area contributed by atoms with Gasteiger partial charge in [0.2, 0.25) is 5.78 Å². The average molecular weight is 298 g/mol. The van der Waals surface area contributed by atoms with E-state index in [9.17, 15) is 9.18 Å². The van der Waals surface area contributed by atoms with E-state index in [1.807, 2.05) is 30.3 Å². The number of hydrogen-bond donors (Lipinski definition) is 1. The maximum atomic E-state index is 12.9. The van der Waals surface area contributed by atoms with Crippen LogP contribution >= 0.6 is 11.3 Å². The van der Waals surface area contributed by atoms with Crippen LogP contribution in [0.3, 0.4) is 0 Å². The summed E-state index contributed by atoms with van der Waals surface area (Å²) in [7, 11) is 0. The lowest BCUT2D eigenvalue weighted by Gasteiger charge is -1.98. The first-order valence-electron chi connectivity index (χ1n) is 6.27. The van der Waals surface area contributed by atoms with E-state index in [1.165, 1.54) is 35.6 Å². The molecule has 0 fully saturated rings. The molecule has 2 N–H and O–H groups in total. The first-order chi connectivity index (χ1) is 10.1. The molecule has 0 aliphatic heterocycles. The number of anilines is 1. The van der Waals surface area contributed by atoms with Crippen molar-refractivity contribution < 1.29 is 9.18 Å². The number of benzene rings is 2. The Morgan fingerprint density at radius 1 is 1.05 bits per heavy atom. The number of ketones is 1. The van der Waals surface area contributed by atoms with Crippen molar-refractivity contribution >= 4 is 22.9 Å². The highest BCUT2D eigenvalue weighted by Crippen LogP contribution is 2.31. The second-order valence-electron chi connectivity index (χ2n) is 4.44. The summed E-state index contributed by atoms with van der Waals surface area (Å²) < 4.78 is 12.9. The monoisotopic (exact) mass is 298 g/mol. The van der Waals surface area contributed by atoms with E-state index in [4.69, 9.17) is 5.73 Å². The SMILES string of the molecule is Nc1nc(-c2ccccc2)sc1C(=O)c1ccc(F)cc1. The molecule has 1 aromatic heterocycles. The summed E-state index contributed by atoms with van der Waals surface area (Å²) in [5, 5.41) is 0.693. The molecule has 1 heterocycles. The van der Waals surface area contributed by atoms with Crippen LogP contribution in [0, 0.1) is 5.82 Å². The Morgan fingerprint density at radius 2 is 1.71 bits per heavy atom. The summed E-state index contributed by atoms with van der Waals surface area (Å²) in [5.41, 5.74) is 7.16. The molecule has 3 rings (SSSR count). The van der Waals surface area contributed by atoms with Crippen LogP contribution in [0.4, 0.5) is 10.2 Å². The Balaban J connectivity index is 1.98. The minimum Gasteiger partial charge on any atom is -0.382 e. The van der Waals surface area contributed by atoms with Crippen molar-refractivity contribution in [1.29, 1.82) is 0 Å². The molecular formula is C16H11FN2OS. The van der Waals surface area contributed by atoms with Crippen LogP contribution in [-0.4, -0.2) is 10.8 Å². The fourth-order valence-electron chi connectivity index (χ4n) is 1.93. The maximum absolute atomic E-state index is 12.9. The van der Waals surface area contributed by atoms with Crippen molar-refractivity contribution in [2.24, 2.45) is 0 Å². The highest BCUT2D eigenvalue weighted by molar-refractivity contribution is 7.17. The fourth-order valence-corrected chi connectivity index (χ4v) is 2.88. The van der Waals surface area contributed by atoms with Crippen LogP contribution in [0.1, 0.15) is 15.2 Å². The predicted molar refractivity (Wildman–Crippen MR) is 81.8 cm³/mol. The van der Waals surface area contributed by atoms with Gasteiger partial charge in [0, 0.05) is 11.1 Å². The number of carbonyl (C=O) groups excluding carboxylic acids is 1. The molecule has 0 atom stereocenters. The smallest absolute Gasteiger partial charge is 0.206 e. The summed E-state index contributed by atoms with van der Waals surface area (Å²) in [5.74, 6) is -0.422. The topological polar surface area (TPSA) is 56.0 Å². The number of thiazole rings is 1. The van der Waals surface area contributed by atoms with E-state index in [1.54, 1.807) is 0 Å². The number of aromatic nitrogens is 1. The van der Waals surface area contributed by atoms with Gasteiger partial charge in [0.05, 0.1) is 0 Å². The van der Waals surface area contributed by atoms with E-state index in [0.717, 1.165) is 5.56 Å². The lowest BCUT2D eigenvalue weighted by molar-refractivity contribution is 0.104. The van der Waals surface area contributed by atoms with Gasteiger partial charge in [0.25, 0.3) is 0 Å². The number of nitrogens with zero attached hydrogens (tertiary/aromatic N) is 1. The lowest BCUT2D eigenvalue weighted by atomic mass is 10.1. The third-order valence-corrected chi connectivity index (χ3v) is 4.11. The van der Waals surface area contributed by atoms with Gasteiger partial charge in [-0.3, -0.25) is 4.79 Å². The molecule has 0 saturated carbocycles. The van der Waals surface area contributed by atoms with Crippen LogP contribution < -0.4 is 5.73 Å². The molecule has 3 nitrogen and oxygen atoms in total. The number of halogens is 1. The summed E-state index contributed by atoms with van der Waals surface area (Å²) in [6, 6.07) is 14.9. The summed E-state index contributed by atoms with van der Waals surface area (Å²) in [4.78, 5) is 17.0. The zero-order valence-electron chi connectivity index (χ0n) is 10.9. The van der Waals surface area contributed by atoms with Crippen molar-refractivity contribution in [2.45, 2.75) is 0 Å². The highest BCUT2D eigenvalue weighted by Gasteiger charge is 2.18. The highest BCUT2D eigenvalue weighted by atomic mass is 32.1. The molecule has 104 valence electrons. The van der Waals surface area contributed by atoms with Gasteiger partial charge < -0.3 is 5.73 Å². The summed E-state index contributed by atoms with van der Waals surface area (Å²) >= 11 is 1.24. The van der Waals surface area contributed by atoms with Crippen molar-refractivity contribution in [3.05, 3.63) is 70.9 Å². The maximum Gasteiger partial charge on any atom is 0.206 e. The molecule has 0 spiro atoms. The van der Waals surface area contributed by atoms with Gasteiger partial charge in [-0.2, -0.15) is 0 Å². The first-order valence-corrected chi connectivity index (χ1v) is 7.09. The van der Waals surface area contributed by atoms with Crippen LogP contribution in [0.25, 0.3) is 10.6 Å². The largest absolute Gasteiger partial charge is 0.382 e. The summed E-state index contributed by atoms with van der Waals surface area (Å²) in [6.45, 7) is 0. The first kappa shape index (κ1) is 13.5. The quantitative estimate of drug-likeness (QED) is 0.749. The number of hydrogen-bond acceptors (Lipinski definition) is 4. The van der Waals surface area contributed by atoms with Gasteiger partial charge in [-0.15, -0.1) is 11.3 Å². The van der Waals surface area contributed by atoms with E-state index >= 15 is 0 Å². The van der Waals surface area contributed by atoms with Crippen molar-refractivity contribution in [3.8, 4) is 10.6 Å². The van der Waals surface area contributed by atoms with E-state index < -0.39 is 0 Å². The predicted octanol–water partition coefficient (Wildman–Crippen LogP) is 3.76. The van der Waals surface area contributed by atoms with Gasteiger partial charge in [0.15, 0.2) is 0 Å². The molecule has 0 saturated heterocycles. The Labute approximate surface area is 124 Å². The van der Waals surface area contributed by atoms with Gasteiger partial charge >= 0.3 is 0 Å². The van der Waals surface area contributed by atoms with Gasteiger partial charge in [-0.1, -0.05) is 30.3 Å². The van der Waals surface area contributed by atoms with Crippen LogP contribution in [0.15, 0.2) is 54.6 Å². The molecule has 0 amide bonds. The molecule has 2 aromatic carbocycles. The molecule has 0 unspecified atom stereocenters. The van der Waals surface area contributed by atoms with Gasteiger partial charge in [-0.05, 0) is 24.3 Å². The lowest BCUT2D eigenvalue weighted by Crippen LogP contribution is -2.02. The molecule has 5 heteroatoms. The van der Waals surface area contributed by atoms with Gasteiger partial charge in [0.1, 0.15) is 21.5 Å².